The van der Waals surface area contributed by atoms with Crippen LogP contribution in [0.3, 0.4) is 0 Å². The smallest absolute Gasteiger partial charge is 0.256 e. The topological polar surface area (TPSA) is 56.8 Å². The van der Waals surface area contributed by atoms with Gasteiger partial charge in [-0.05, 0) is 29.8 Å². The van der Waals surface area contributed by atoms with Crippen molar-refractivity contribution in [3.63, 3.8) is 0 Å². The van der Waals surface area contributed by atoms with E-state index in [0.717, 1.165) is 17.7 Å². The van der Waals surface area contributed by atoms with Gasteiger partial charge in [0.25, 0.3) is 5.91 Å². The van der Waals surface area contributed by atoms with Crippen LogP contribution in [0.2, 0.25) is 0 Å². The third-order valence-corrected chi connectivity index (χ3v) is 4.13. The Morgan fingerprint density at radius 3 is 2.17 bits per heavy atom. The van der Waals surface area contributed by atoms with Crippen molar-refractivity contribution in [2.75, 3.05) is 19.5 Å². The van der Waals surface area contributed by atoms with E-state index in [1.165, 1.54) is 26.4 Å². The van der Waals surface area contributed by atoms with Gasteiger partial charge in [0.1, 0.15) is 18.2 Å². The number of nitrogens with one attached hydrogen (secondary N) is 1. The Morgan fingerprint density at radius 1 is 0.931 bits per heavy atom. The van der Waals surface area contributed by atoms with Gasteiger partial charge >= 0.3 is 0 Å². The molecule has 0 aliphatic rings. The molecule has 0 bridgehead atoms. The monoisotopic (exact) mass is 399 g/mol. The van der Waals surface area contributed by atoms with Gasteiger partial charge in [-0.1, -0.05) is 30.3 Å². The summed E-state index contributed by atoms with van der Waals surface area (Å²) < 4.78 is 43.4. The van der Waals surface area contributed by atoms with E-state index in [4.69, 9.17) is 14.2 Å². The maximum absolute atomic E-state index is 13.8. The normalized spacial score (nSPS) is 10.3. The van der Waals surface area contributed by atoms with Crippen molar-refractivity contribution in [2.24, 2.45) is 0 Å². The van der Waals surface area contributed by atoms with Gasteiger partial charge in [-0.2, -0.15) is 0 Å². The highest BCUT2D eigenvalue weighted by molar-refractivity contribution is 6.05. The molecule has 0 atom stereocenters. The van der Waals surface area contributed by atoms with E-state index in [2.05, 4.69) is 5.32 Å². The predicted octanol–water partition coefficient (Wildman–Crippen LogP) is 4.81. The molecule has 29 heavy (non-hydrogen) atoms. The Balaban J connectivity index is 1.85. The molecule has 5 nitrogen and oxygen atoms in total. The summed E-state index contributed by atoms with van der Waals surface area (Å²) in [5.41, 5.74) is 0.971. The Labute approximate surface area is 166 Å². The molecule has 0 aliphatic heterocycles. The van der Waals surface area contributed by atoms with Gasteiger partial charge in [-0.3, -0.25) is 4.79 Å². The summed E-state index contributed by atoms with van der Waals surface area (Å²) in [6.07, 6.45) is 0. The second-order valence-corrected chi connectivity index (χ2v) is 6.06. The molecule has 0 radical (unpaired) electrons. The van der Waals surface area contributed by atoms with Crippen LogP contribution in [0.1, 0.15) is 15.9 Å². The number of halogens is 2. The third kappa shape index (κ3) is 4.82. The second kappa shape index (κ2) is 9.05. The number of carbonyl (C=O) groups excluding carboxylic acids is 1. The minimum atomic E-state index is -0.875. The Kier molecular flexibility index (Phi) is 6.29. The van der Waals surface area contributed by atoms with Crippen LogP contribution >= 0.6 is 0 Å². The maximum Gasteiger partial charge on any atom is 0.256 e. The number of hydrogen-bond acceptors (Lipinski definition) is 4. The summed E-state index contributed by atoms with van der Waals surface area (Å²) in [5, 5.41) is 2.40. The van der Waals surface area contributed by atoms with E-state index < -0.39 is 17.5 Å². The van der Waals surface area contributed by atoms with E-state index in [1.54, 1.807) is 0 Å². The van der Waals surface area contributed by atoms with Crippen LogP contribution in [0.4, 0.5) is 14.5 Å². The first-order valence-electron chi connectivity index (χ1n) is 8.71. The minimum Gasteiger partial charge on any atom is -0.493 e. The van der Waals surface area contributed by atoms with E-state index in [-0.39, 0.29) is 29.4 Å². The molecule has 3 rings (SSSR count). The number of methoxy groups -OCH3 is 2. The SMILES string of the molecule is COc1cc(C(=O)Nc2ccc(F)cc2F)cc(OC)c1OCc1ccccc1. The molecule has 0 heterocycles. The van der Waals surface area contributed by atoms with Crippen molar-refractivity contribution in [3.8, 4) is 17.2 Å². The zero-order chi connectivity index (χ0) is 20.8. The van der Waals surface area contributed by atoms with Gasteiger partial charge in [0.2, 0.25) is 5.75 Å². The van der Waals surface area contributed by atoms with Crippen LogP contribution in [0.5, 0.6) is 17.2 Å². The predicted molar refractivity (Wildman–Crippen MR) is 105 cm³/mol. The molecule has 0 saturated heterocycles. The van der Waals surface area contributed by atoms with Gasteiger partial charge in [-0.15, -0.1) is 0 Å². The molecule has 0 aliphatic carbocycles. The Bertz CT molecular complexity index is 984. The summed E-state index contributed by atoms with van der Waals surface area (Å²) in [6.45, 7) is 0.278. The van der Waals surface area contributed by atoms with Crippen molar-refractivity contribution >= 4 is 11.6 Å². The lowest BCUT2D eigenvalue weighted by atomic mass is 10.1. The summed E-state index contributed by atoms with van der Waals surface area (Å²) >= 11 is 0. The highest BCUT2D eigenvalue weighted by atomic mass is 19.1. The van der Waals surface area contributed by atoms with Crippen LogP contribution in [0.15, 0.2) is 60.7 Å². The summed E-state index contributed by atoms with van der Waals surface area (Å²) in [6, 6.07) is 15.3. The lowest BCUT2D eigenvalue weighted by Gasteiger charge is -2.16. The number of benzene rings is 3. The molecule has 0 fully saturated rings. The van der Waals surface area contributed by atoms with Gasteiger partial charge < -0.3 is 19.5 Å². The Hall–Kier alpha value is -3.61. The minimum absolute atomic E-state index is 0.140. The highest BCUT2D eigenvalue weighted by Gasteiger charge is 2.19. The van der Waals surface area contributed by atoms with Crippen molar-refractivity contribution in [3.05, 3.63) is 83.4 Å². The Morgan fingerprint density at radius 2 is 1.59 bits per heavy atom. The standard InChI is InChI=1S/C22H19F2NO4/c1-27-19-10-15(22(26)25-18-9-8-16(23)12-17(18)24)11-20(28-2)21(19)29-13-14-6-4-3-5-7-14/h3-12H,13H2,1-2H3,(H,25,26). The first kappa shape index (κ1) is 20.1. The van der Waals surface area contributed by atoms with Crippen molar-refractivity contribution in [1.82, 2.24) is 0 Å². The summed E-state index contributed by atoms with van der Waals surface area (Å²) in [4.78, 5) is 12.6. The fourth-order valence-electron chi connectivity index (χ4n) is 2.67. The van der Waals surface area contributed by atoms with Crippen molar-refractivity contribution < 1.29 is 27.8 Å². The first-order valence-corrected chi connectivity index (χ1v) is 8.71. The first-order chi connectivity index (χ1) is 14.0. The molecule has 0 spiro atoms. The molecular formula is C22H19F2NO4. The number of ether oxygens (including phenoxy) is 3. The third-order valence-electron chi connectivity index (χ3n) is 4.13. The fraction of sp³-hybridized carbons (Fsp3) is 0.136. The van der Waals surface area contributed by atoms with Crippen LogP contribution in [0, 0.1) is 11.6 Å². The van der Waals surface area contributed by atoms with Gasteiger partial charge in [0, 0.05) is 11.6 Å². The molecular weight excluding hydrogens is 380 g/mol. The quantitative estimate of drug-likeness (QED) is 0.619. The highest BCUT2D eigenvalue weighted by Crippen LogP contribution is 2.39. The molecule has 0 unspecified atom stereocenters. The van der Waals surface area contributed by atoms with Gasteiger partial charge in [-0.25, -0.2) is 8.78 Å². The average Bonchev–Trinajstić information content (AvgIpc) is 2.74. The molecule has 3 aromatic rings. The number of carbonyl (C=O) groups is 1. The molecule has 0 saturated carbocycles. The molecule has 7 heteroatoms. The van der Waals surface area contributed by atoms with E-state index in [9.17, 15) is 13.6 Å². The van der Waals surface area contributed by atoms with Gasteiger partial charge in [0.15, 0.2) is 11.5 Å². The van der Waals surface area contributed by atoms with Crippen molar-refractivity contribution in [1.29, 1.82) is 0 Å². The lowest BCUT2D eigenvalue weighted by Crippen LogP contribution is -2.14. The van der Waals surface area contributed by atoms with E-state index in [1.807, 2.05) is 30.3 Å². The molecule has 0 aromatic heterocycles. The zero-order valence-electron chi connectivity index (χ0n) is 15.9. The second-order valence-electron chi connectivity index (χ2n) is 6.06. The van der Waals surface area contributed by atoms with E-state index in [0.29, 0.717) is 11.8 Å². The number of hydrogen-bond donors (Lipinski definition) is 1. The molecule has 150 valence electrons. The van der Waals surface area contributed by atoms with Crippen LogP contribution in [-0.4, -0.2) is 20.1 Å². The molecule has 1 amide bonds. The summed E-state index contributed by atoms with van der Waals surface area (Å²) in [7, 11) is 2.87. The van der Waals surface area contributed by atoms with Gasteiger partial charge in [0.05, 0.1) is 19.9 Å². The number of amides is 1. The molecule has 1 N–H and O–H groups in total. The average molecular weight is 399 g/mol. The zero-order valence-corrected chi connectivity index (χ0v) is 15.9. The number of rotatable bonds is 7. The van der Waals surface area contributed by atoms with Crippen molar-refractivity contribution in [2.45, 2.75) is 6.61 Å². The summed E-state index contributed by atoms with van der Waals surface area (Å²) in [5.74, 6) is -1.32. The van der Waals surface area contributed by atoms with Crippen LogP contribution in [-0.2, 0) is 6.61 Å². The van der Waals surface area contributed by atoms with E-state index >= 15 is 0 Å². The van der Waals surface area contributed by atoms with Crippen LogP contribution in [0.25, 0.3) is 0 Å². The lowest BCUT2D eigenvalue weighted by molar-refractivity contribution is 0.102. The number of anilines is 1. The molecule has 3 aromatic carbocycles. The fourth-order valence-corrected chi connectivity index (χ4v) is 2.67. The van der Waals surface area contributed by atoms with Crippen LogP contribution < -0.4 is 19.5 Å². The largest absolute Gasteiger partial charge is 0.493 e. The maximum atomic E-state index is 13.8.